The molecule has 1 aromatic rings. The van der Waals surface area contributed by atoms with Gasteiger partial charge >= 0.3 is 0 Å². The Bertz CT molecular complexity index is 473. The second-order valence-electron chi connectivity index (χ2n) is 5.63. The Morgan fingerprint density at radius 1 is 1.32 bits per heavy atom. The molecule has 0 bridgehead atoms. The van der Waals surface area contributed by atoms with Crippen molar-refractivity contribution in [2.75, 3.05) is 47.5 Å². The molecule has 0 aromatic heterocycles. The van der Waals surface area contributed by atoms with Gasteiger partial charge in [-0.2, -0.15) is 0 Å². The number of benzene rings is 1. The van der Waals surface area contributed by atoms with Gasteiger partial charge in [-0.05, 0) is 30.5 Å². The largest absolute Gasteiger partial charge is 0.497 e. The molecule has 122 valence electrons. The Morgan fingerprint density at radius 3 is 2.73 bits per heavy atom. The highest BCUT2D eigenvalue weighted by molar-refractivity contribution is 5.80. The minimum absolute atomic E-state index is 0.616. The molecule has 22 heavy (non-hydrogen) atoms. The van der Waals surface area contributed by atoms with Crippen LogP contribution in [0.15, 0.2) is 29.3 Å². The van der Waals surface area contributed by atoms with Gasteiger partial charge in [-0.1, -0.05) is 12.1 Å². The molecule has 5 nitrogen and oxygen atoms in total. The highest BCUT2D eigenvalue weighted by atomic mass is 16.5. The second-order valence-corrected chi connectivity index (χ2v) is 5.63. The van der Waals surface area contributed by atoms with Crippen LogP contribution in [0.3, 0.4) is 0 Å². The van der Waals surface area contributed by atoms with Crippen LogP contribution in [0, 0.1) is 5.92 Å². The van der Waals surface area contributed by atoms with Crippen molar-refractivity contribution in [1.82, 2.24) is 10.2 Å². The summed E-state index contributed by atoms with van der Waals surface area (Å²) >= 11 is 0. The predicted octanol–water partition coefficient (Wildman–Crippen LogP) is 1.78. The van der Waals surface area contributed by atoms with Crippen LogP contribution < -0.4 is 10.1 Å². The van der Waals surface area contributed by atoms with E-state index in [9.17, 15) is 0 Å². The van der Waals surface area contributed by atoms with E-state index < -0.39 is 0 Å². The van der Waals surface area contributed by atoms with Crippen LogP contribution in [0.25, 0.3) is 0 Å². The minimum atomic E-state index is 0.616. The highest BCUT2D eigenvalue weighted by Crippen LogP contribution is 2.16. The molecule has 1 aromatic carbocycles. The maximum atomic E-state index is 5.25. The number of hydrogen-bond donors (Lipinski definition) is 1. The van der Waals surface area contributed by atoms with Crippen LogP contribution >= 0.6 is 0 Å². The summed E-state index contributed by atoms with van der Waals surface area (Å²) in [6.45, 7) is 3.79. The molecule has 1 aliphatic rings. The maximum Gasteiger partial charge on any atom is 0.193 e. The number of hydrogen-bond acceptors (Lipinski definition) is 3. The van der Waals surface area contributed by atoms with Gasteiger partial charge in [-0.15, -0.1) is 0 Å². The normalized spacial score (nSPS) is 18.6. The van der Waals surface area contributed by atoms with E-state index in [4.69, 9.17) is 9.47 Å². The molecule has 0 spiro atoms. The number of methoxy groups -OCH3 is 2. The van der Waals surface area contributed by atoms with Gasteiger partial charge in [-0.3, -0.25) is 4.99 Å². The lowest BCUT2D eigenvalue weighted by atomic mass is 10.1. The fourth-order valence-electron chi connectivity index (χ4n) is 2.84. The number of aliphatic imine (C=N–C) groups is 1. The second kappa shape index (κ2) is 8.63. The van der Waals surface area contributed by atoms with Crippen molar-refractivity contribution in [1.29, 1.82) is 0 Å². The Kier molecular flexibility index (Phi) is 6.52. The van der Waals surface area contributed by atoms with Crippen molar-refractivity contribution >= 4 is 5.96 Å². The summed E-state index contributed by atoms with van der Waals surface area (Å²) in [5.74, 6) is 2.51. The third-order valence-corrected chi connectivity index (χ3v) is 4.06. The molecule has 0 saturated carbocycles. The standard InChI is InChI=1S/C17H27N3O2/c1-18-17(20-11-9-15(12-20)13-21-2)19-10-8-14-4-6-16(22-3)7-5-14/h4-7,15H,8-13H2,1-3H3,(H,18,19). The van der Waals surface area contributed by atoms with Crippen LogP contribution in [0.1, 0.15) is 12.0 Å². The third-order valence-electron chi connectivity index (χ3n) is 4.06. The van der Waals surface area contributed by atoms with E-state index in [2.05, 4.69) is 27.3 Å². The first-order chi connectivity index (χ1) is 10.8. The summed E-state index contributed by atoms with van der Waals surface area (Å²) in [6.07, 6.45) is 2.14. The van der Waals surface area contributed by atoms with E-state index in [0.717, 1.165) is 44.4 Å². The number of nitrogens with zero attached hydrogens (tertiary/aromatic N) is 2. The van der Waals surface area contributed by atoms with Gasteiger partial charge < -0.3 is 19.7 Å². The minimum Gasteiger partial charge on any atom is -0.497 e. The summed E-state index contributed by atoms with van der Waals surface area (Å²) in [7, 11) is 5.30. The van der Waals surface area contributed by atoms with Crippen molar-refractivity contribution in [3.8, 4) is 5.75 Å². The molecular formula is C17H27N3O2. The molecule has 1 N–H and O–H groups in total. The number of guanidine groups is 1. The van der Waals surface area contributed by atoms with Crippen molar-refractivity contribution < 1.29 is 9.47 Å². The van der Waals surface area contributed by atoms with Crippen molar-refractivity contribution in [2.24, 2.45) is 10.9 Å². The average molecular weight is 305 g/mol. The maximum absolute atomic E-state index is 5.25. The van der Waals surface area contributed by atoms with Gasteiger partial charge in [0.1, 0.15) is 5.75 Å². The number of rotatable bonds is 6. The van der Waals surface area contributed by atoms with E-state index in [1.165, 1.54) is 12.0 Å². The Hall–Kier alpha value is -1.75. The Balaban J connectivity index is 1.77. The van der Waals surface area contributed by atoms with Gasteiger partial charge in [-0.25, -0.2) is 0 Å². The lowest BCUT2D eigenvalue weighted by Crippen LogP contribution is -2.41. The van der Waals surface area contributed by atoms with Gasteiger partial charge in [0.05, 0.1) is 13.7 Å². The molecule has 0 radical (unpaired) electrons. The Labute approximate surface area is 133 Å². The van der Waals surface area contributed by atoms with Crippen molar-refractivity contribution in [3.63, 3.8) is 0 Å². The van der Waals surface area contributed by atoms with E-state index in [1.54, 1.807) is 14.2 Å². The number of likely N-dealkylation sites (tertiary alicyclic amines) is 1. The lowest BCUT2D eigenvalue weighted by molar-refractivity contribution is 0.157. The molecule has 0 amide bonds. The quantitative estimate of drug-likeness (QED) is 0.643. The first kappa shape index (κ1) is 16.6. The lowest BCUT2D eigenvalue weighted by Gasteiger charge is -2.21. The summed E-state index contributed by atoms with van der Waals surface area (Å²) in [5, 5.41) is 3.45. The third kappa shape index (κ3) is 4.63. The zero-order valence-electron chi connectivity index (χ0n) is 13.8. The zero-order chi connectivity index (χ0) is 15.8. The first-order valence-electron chi connectivity index (χ1n) is 7.84. The SMILES string of the molecule is CN=C(NCCc1ccc(OC)cc1)N1CCC(COC)C1. The molecule has 5 heteroatoms. The number of ether oxygens (including phenoxy) is 2. The fraction of sp³-hybridized carbons (Fsp3) is 0.588. The first-order valence-corrected chi connectivity index (χ1v) is 7.84. The average Bonchev–Trinajstić information content (AvgIpc) is 3.01. The van der Waals surface area contributed by atoms with Crippen LogP contribution in [-0.4, -0.2) is 58.4 Å². The smallest absolute Gasteiger partial charge is 0.193 e. The predicted molar refractivity (Wildman–Crippen MR) is 89.6 cm³/mol. The topological polar surface area (TPSA) is 46.1 Å². The summed E-state index contributed by atoms with van der Waals surface area (Å²) < 4.78 is 10.4. The summed E-state index contributed by atoms with van der Waals surface area (Å²) in [6, 6.07) is 8.21. The van der Waals surface area contributed by atoms with Gasteiger partial charge in [0, 0.05) is 39.7 Å². The summed E-state index contributed by atoms with van der Waals surface area (Å²) in [5.41, 5.74) is 1.29. The highest BCUT2D eigenvalue weighted by Gasteiger charge is 2.24. The molecule has 1 fully saturated rings. The van der Waals surface area contributed by atoms with E-state index >= 15 is 0 Å². The Morgan fingerprint density at radius 2 is 2.09 bits per heavy atom. The molecule has 1 saturated heterocycles. The van der Waals surface area contributed by atoms with Crippen molar-refractivity contribution in [3.05, 3.63) is 29.8 Å². The summed E-state index contributed by atoms with van der Waals surface area (Å²) in [4.78, 5) is 6.71. The number of nitrogens with one attached hydrogen (secondary N) is 1. The van der Waals surface area contributed by atoms with E-state index in [1.807, 2.05) is 19.2 Å². The van der Waals surface area contributed by atoms with E-state index in [0.29, 0.717) is 5.92 Å². The molecule has 1 heterocycles. The van der Waals surface area contributed by atoms with Crippen LogP contribution in [0.4, 0.5) is 0 Å². The van der Waals surface area contributed by atoms with Crippen LogP contribution in [-0.2, 0) is 11.2 Å². The molecule has 1 unspecified atom stereocenters. The molecule has 1 aliphatic heterocycles. The van der Waals surface area contributed by atoms with E-state index in [-0.39, 0.29) is 0 Å². The molecule has 1 atom stereocenters. The fourth-order valence-corrected chi connectivity index (χ4v) is 2.84. The van der Waals surface area contributed by atoms with Gasteiger partial charge in [0.25, 0.3) is 0 Å². The van der Waals surface area contributed by atoms with Crippen LogP contribution in [0.5, 0.6) is 5.75 Å². The van der Waals surface area contributed by atoms with Crippen molar-refractivity contribution in [2.45, 2.75) is 12.8 Å². The van der Waals surface area contributed by atoms with Gasteiger partial charge in [0.15, 0.2) is 5.96 Å². The van der Waals surface area contributed by atoms with Gasteiger partial charge in [0.2, 0.25) is 0 Å². The van der Waals surface area contributed by atoms with Crippen LogP contribution in [0.2, 0.25) is 0 Å². The monoisotopic (exact) mass is 305 g/mol. The molecule has 0 aliphatic carbocycles. The molecular weight excluding hydrogens is 278 g/mol. The zero-order valence-corrected chi connectivity index (χ0v) is 13.8. The molecule has 2 rings (SSSR count).